The molecule has 0 unspecified atom stereocenters. The van der Waals surface area contributed by atoms with Gasteiger partial charge in [0.15, 0.2) is 0 Å². The molecule has 12 nitrogen and oxygen atoms in total. The fraction of sp³-hybridized carbons (Fsp3) is 1.00. The third-order valence-electron chi connectivity index (χ3n) is 3.66. The van der Waals surface area contributed by atoms with Crippen molar-refractivity contribution in [3.63, 3.8) is 0 Å². The van der Waals surface area contributed by atoms with Crippen molar-refractivity contribution in [3.05, 3.63) is 0 Å². The van der Waals surface area contributed by atoms with Crippen LogP contribution in [0.2, 0.25) is 0 Å². The van der Waals surface area contributed by atoms with E-state index < -0.39 is 33.1 Å². The van der Waals surface area contributed by atoms with Crippen LogP contribution < -0.4 is 18.9 Å². The van der Waals surface area contributed by atoms with Crippen molar-refractivity contribution in [2.24, 2.45) is 0 Å². The monoisotopic (exact) mass is 440 g/mol. The molecule has 0 bridgehead atoms. The van der Waals surface area contributed by atoms with E-state index in [9.17, 15) is 0 Å². The fourth-order valence-corrected chi connectivity index (χ4v) is 3.84. The summed E-state index contributed by atoms with van der Waals surface area (Å²) in [6.45, 7) is -0.278. The molecule has 0 aromatic heterocycles. The average Bonchev–Trinajstić information content (AvgIpc) is 2.72. The van der Waals surface area contributed by atoms with E-state index >= 15 is 0 Å². The maximum Gasteiger partial charge on any atom is 1.00 e. The molecule has 170 valence electrons. The smallest absolute Gasteiger partial charge is 1.00 e. The SMILES string of the molecule is COCC(OC)(OC)[O][Al]([O]C(COC)(OC)OC)[O]C(COC)(OC)OC.[H-].[Li+]. The number of ether oxygens (including phenoxy) is 9. The molecule has 0 rings (SSSR count). The minimum absolute atomic E-state index is 0. The van der Waals surface area contributed by atoms with E-state index in [0.29, 0.717) is 0 Å². The minimum Gasteiger partial charge on any atom is -1.00 e. The maximum absolute atomic E-state index is 5.88. The van der Waals surface area contributed by atoms with Crippen molar-refractivity contribution in [2.75, 3.05) is 83.8 Å². The molecule has 0 heterocycles. The molecule has 0 aromatic carbocycles. The van der Waals surface area contributed by atoms with E-state index in [1.165, 1.54) is 64.0 Å². The molecule has 0 N–H and O–H groups in total. The van der Waals surface area contributed by atoms with E-state index in [4.69, 9.17) is 54.0 Å². The van der Waals surface area contributed by atoms with Gasteiger partial charge in [-0.25, -0.2) is 0 Å². The molecule has 0 atom stereocenters. The predicted molar refractivity (Wildman–Crippen MR) is 96.0 cm³/mol. The molecular weight excluding hydrogens is 406 g/mol. The summed E-state index contributed by atoms with van der Waals surface area (Å²) in [6, 6.07) is 0. The third-order valence-corrected chi connectivity index (χ3v) is 5.31. The van der Waals surface area contributed by atoms with Crippen molar-refractivity contribution < 1.29 is 74.3 Å². The van der Waals surface area contributed by atoms with Crippen LogP contribution in [0.15, 0.2) is 0 Å². The van der Waals surface area contributed by atoms with E-state index in [1.54, 1.807) is 0 Å². The zero-order valence-corrected chi connectivity index (χ0v) is 20.3. The summed E-state index contributed by atoms with van der Waals surface area (Å²) in [5, 5.41) is 0. The van der Waals surface area contributed by atoms with Gasteiger partial charge in [0.1, 0.15) is 19.8 Å². The summed E-state index contributed by atoms with van der Waals surface area (Å²) < 4.78 is 64.9. The normalized spacial score (nSPS) is 12.7. The van der Waals surface area contributed by atoms with Crippen molar-refractivity contribution in [3.8, 4) is 0 Å². The molecule has 0 aliphatic heterocycles. The molecule has 0 amide bonds. The van der Waals surface area contributed by atoms with Crippen LogP contribution in [0.1, 0.15) is 1.43 Å². The van der Waals surface area contributed by atoms with E-state index in [-0.39, 0.29) is 40.1 Å². The molecular formula is C15H34AlLiO12. The molecule has 0 aromatic rings. The zero-order chi connectivity index (χ0) is 21.7. The van der Waals surface area contributed by atoms with Gasteiger partial charge in [0.2, 0.25) is 0 Å². The average molecular weight is 440 g/mol. The van der Waals surface area contributed by atoms with Gasteiger partial charge in [-0.3, -0.25) is 0 Å². The van der Waals surface area contributed by atoms with Gasteiger partial charge in [0, 0.05) is 64.0 Å². The Morgan fingerprint density at radius 1 is 0.483 bits per heavy atom. The second-order valence-electron chi connectivity index (χ2n) is 5.22. The van der Waals surface area contributed by atoms with Crippen LogP contribution in [0, 0.1) is 0 Å². The first-order chi connectivity index (χ1) is 13.3. The Hall–Kier alpha value is 0.650. The maximum atomic E-state index is 5.88. The summed E-state index contributed by atoms with van der Waals surface area (Å²) >= 11 is -3.30. The first-order valence-electron chi connectivity index (χ1n) is 8.15. The van der Waals surface area contributed by atoms with Crippen LogP contribution in [0.5, 0.6) is 0 Å². The van der Waals surface area contributed by atoms with Crippen LogP contribution in [0.3, 0.4) is 0 Å². The van der Waals surface area contributed by atoms with Crippen LogP contribution in [-0.2, 0) is 54.0 Å². The van der Waals surface area contributed by atoms with Gasteiger partial charge in [-0.2, -0.15) is 0 Å². The Kier molecular flexibility index (Phi) is 17.9. The van der Waals surface area contributed by atoms with Crippen molar-refractivity contribution in [1.82, 2.24) is 0 Å². The Morgan fingerprint density at radius 3 is 0.828 bits per heavy atom. The standard InChI is InChI=1S/3C5H11O4.Al.Li.H/c3*1-7-4-5(6,8-2)9-3;;;/h3*4H2,1-3H3;;;/q3*-1;+3;+1;-1. The molecule has 0 saturated carbocycles. The molecule has 0 spiro atoms. The number of rotatable bonds is 18. The van der Waals surface area contributed by atoms with Gasteiger partial charge in [0.25, 0.3) is 17.9 Å². The summed E-state index contributed by atoms with van der Waals surface area (Å²) in [7, 11) is 12.6. The Labute approximate surface area is 191 Å². The van der Waals surface area contributed by atoms with Gasteiger partial charge in [-0.05, 0) is 0 Å². The minimum atomic E-state index is -3.30. The molecule has 0 saturated heterocycles. The van der Waals surface area contributed by atoms with Crippen molar-refractivity contribution >= 4 is 15.1 Å². The van der Waals surface area contributed by atoms with Gasteiger partial charge in [-0.1, -0.05) is 0 Å². The fourth-order valence-electron chi connectivity index (χ4n) is 2.04. The van der Waals surface area contributed by atoms with Crippen LogP contribution in [0.4, 0.5) is 0 Å². The molecule has 14 heteroatoms. The molecule has 0 aliphatic rings. The first kappa shape index (κ1) is 31.8. The van der Waals surface area contributed by atoms with E-state index in [0.717, 1.165) is 0 Å². The van der Waals surface area contributed by atoms with E-state index in [1.807, 2.05) is 0 Å². The van der Waals surface area contributed by atoms with Gasteiger partial charge in [0.05, 0.1) is 0 Å². The topological polar surface area (TPSA) is 111 Å². The first-order valence-corrected chi connectivity index (χ1v) is 9.56. The van der Waals surface area contributed by atoms with Crippen molar-refractivity contribution in [2.45, 2.75) is 17.9 Å². The Balaban J connectivity index is -0.00000364. The van der Waals surface area contributed by atoms with Crippen LogP contribution >= 0.6 is 0 Å². The predicted octanol–water partition coefficient (Wildman–Crippen LogP) is -3.08. The second kappa shape index (κ2) is 16.3. The quantitative estimate of drug-likeness (QED) is 0.159. The van der Waals surface area contributed by atoms with E-state index in [2.05, 4.69) is 0 Å². The zero-order valence-electron chi connectivity index (χ0n) is 20.1. The summed E-state index contributed by atoms with van der Waals surface area (Å²) in [5.74, 6) is -4.90. The molecule has 0 aliphatic carbocycles. The van der Waals surface area contributed by atoms with Gasteiger partial charge in [-0.15, -0.1) is 0 Å². The number of methoxy groups -OCH3 is 9. The summed E-state index contributed by atoms with van der Waals surface area (Å²) in [4.78, 5) is 0. The van der Waals surface area contributed by atoms with Crippen LogP contribution in [-0.4, -0.2) is 117 Å². The van der Waals surface area contributed by atoms with Gasteiger partial charge < -0.3 is 55.4 Å². The Bertz CT molecular complexity index is 343. The summed E-state index contributed by atoms with van der Waals surface area (Å²) in [6.07, 6.45) is 0. The van der Waals surface area contributed by atoms with Crippen LogP contribution in [0.25, 0.3) is 0 Å². The molecule has 0 fully saturated rings. The molecule has 29 heavy (non-hydrogen) atoms. The van der Waals surface area contributed by atoms with Gasteiger partial charge >= 0.3 is 34.0 Å². The van der Waals surface area contributed by atoms with Crippen molar-refractivity contribution in [1.29, 1.82) is 0 Å². The second-order valence-corrected chi connectivity index (χ2v) is 6.50. The number of hydrogen-bond donors (Lipinski definition) is 0. The summed E-state index contributed by atoms with van der Waals surface area (Å²) in [5.41, 5.74) is 0. The molecule has 0 radical (unpaired) electrons. The Morgan fingerprint density at radius 2 is 0.690 bits per heavy atom. The largest absolute Gasteiger partial charge is 1.00 e. The third kappa shape index (κ3) is 9.76. The number of hydrogen-bond acceptors (Lipinski definition) is 12.